The van der Waals surface area contributed by atoms with E-state index in [9.17, 15) is 0 Å². The second-order valence-electron chi connectivity index (χ2n) is 15.3. The molecule has 7 rings (SSSR count). The fourth-order valence-corrected chi connectivity index (χ4v) is 10.2. The van der Waals surface area contributed by atoms with Crippen LogP contribution in [0.2, 0.25) is 0 Å². The maximum atomic E-state index is 2.66. The summed E-state index contributed by atoms with van der Waals surface area (Å²) >= 11 is 0. The molecule has 0 heterocycles. The highest BCUT2D eigenvalue weighted by molar-refractivity contribution is 5.56. The molecule has 7 atom stereocenters. The third-order valence-corrected chi connectivity index (χ3v) is 12.8. The highest BCUT2D eigenvalue weighted by atomic mass is 14.4. The first kappa shape index (κ1) is 31.7. The van der Waals surface area contributed by atoms with Crippen molar-refractivity contribution in [3.8, 4) is 0 Å². The van der Waals surface area contributed by atoms with E-state index < -0.39 is 0 Å². The molecule has 0 aromatic rings. The van der Waals surface area contributed by atoms with Crippen LogP contribution in [0.5, 0.6) is 0 Å². The van der Waals surface area contributed by atoms with Crippen LogP contribution in [0, 0.1) is 41.4 Å². The summed E-state index contributed by atoms with van der Waals surface area (Å²) in [7, 11) is 0. The number of rotatable bonds is 8. The van der Waals surface area contributed by atoms with Gasteiger partial charge in [-0.15, -0.1) is 0 Å². The third-order valence-electron chi connectivity index (χ3n) is 12.8. The van der Waals surface area contributed by atoms with Crippen molar-refractivity contribution in [2.24, 2.45) is 41.4 Å². The molecule has 0 saturated heterocycles. The number of hydrogen-bond acceptors (Lipinski definition) is 0. The zero-order chi connectivity index (χ0) is 31.5. The van der Waals surface area contributed by atoms with E-state index in [4.69, 9.17) is 0 Å². The Hall–Kier alpha value is -2.86. The largest absolute Gasteiger partial charge is 0.0847 e. The minimum absolute atomic E-state index is 0.576. The van der Waals surface area contributed by atoms with Crippen LogP contribution in [0.4, 0.5) is 0 Å². The summed E-state index contributed by atoms with van der Waals surface area (Å²) in [6, 6.07) is 0. The summed E-state index contributed by atoms with van der Waals surface area (Å²) < 4.78 is 0. The highest BCUT2D eigenvalue weighted by Gasteiger charge is 2.37. The van der Waals surface area contributed by atoms with Crippen molar-refractivity contribution in [2.45, 2.75) is 111 Å². The van der Waals surface area contributed by atoms with Gasteiger partial charge in [-0.1, -0.05) is 116 Å². The summed E-state index contributed by atoms with van der Waals surface area (Å²) in [5.74, 6) is 4.44. The summed E-state index contributed by atoms with van der Waals surface area (Å²) in [5, 5.41) is 0. The van der Waals surface area contributed by atoms with Crippen LogP contribution in [0.1, 0.15) is 111 Å². The predicted molar refractivity (Wildman–Crippen MR) is 198 cm³/mol. The second kappa shape index (κ2) is 14.5. The van der Waals surface area contributed by atoms with Gasteiger partial charge in [0.15, 0.2) is 0 Å². The fraction of sp³-hybridized carbons (Fsp3) is 0.522. The van der Waals surface area contributed by atoms with E-state index in [1.165, 1.54) is 89.9 Å². The van der Waals surface area contributed by atoms with E-state index in [0.29, 0.717) is 35.5 Å². The van der Waals surface area contributed by atoms with E-state index >= 15 is 0 Å². The van der Waals surface area contributed by atoms with Gasteiger partial charge in [0.1, 0.15) is 0 Å². The Kier molecular flexibility index (Phi) is 10.00. The molecule has 0 aromatic heterocycles. The van der Waals surface area contributed by atoms with E-state index in [-0.39, 0.29) is 0 Å². The Balaban J connectivity index is 1.10. The van der Waals surface area contributed by atoms with Gasteiger partial charge in [0.05, 0.1) is 0 Å². The van der Waals surface area contributed by atoms with Crippen molar-refractivity contribution in [1.29, 1.82) is 0 Å². The lowest BCUT2D eigenvalue weighted by atomic mass is 9.64. The van der Waals surface area contributed by atoms with Crippen molar-refractivity contribution in [2.75, 3.05) is 0 Å². The smallest absolute Gasteiger partial charge is 0.00887 e. The average molecular weight is 611 g/mol. The van der Waals surface area contributed by atoms with Gasteiger partial charge in [0.2, 0.25) is 0 Å². The summed E-state index contributed by atoms with van der Waals surface area (Å²) in [6.45, 7) is 7.04. The Morgan fingerprint density at radius 1 is 0.826 bits per heavy atom. The zero-order valence-electron chi connectivity index (χ0n) is 29.0. The summed E-state index contributed by atoms with van der Waals surface area (Å²) in [6.07, 6.45) is 53.1. The Morgan fingerprint density at radius 3 is 2.52 bits per heavy atom. The van der Waals surface area contributed by atoms with Crippen LogP contribution in [0.15, 0.2) is 130 Å². The molecule has 0 N–H and O–H groups in total. The molecule has 0 heteroatoms. The minimum atomic E-state index is 0.576. The zero-order valence-corrected chi connectivity index (χ0v) is 29.0. The van der Waals surface area contributed by atoms with Gasteiger partial charge in [-0.05, 0) is 154 Å². The van der Waals surface area contributed by atoms with Gasteiger partial charge < -0.3 is 0 Å². The quantitative estimate of drug-likeness (QED) is 0.240. The molecule has 0 bridgehead atoms. The Morgan fingerprint density at radius 2 is 1.72 bits per heavy atom. The van der Waals surface area contributed by atoms with Crippen molar-refractivity contribution >= 4 is 0 Å². The molecule has 0 aromatic carbocycles. The SMILES string of the molecule is CC/C(C)=C\C(CC)C1CCC(C2=CCC(C3C=CC(C4=CC=CCC4C4=CCCCC4)=C4C=CCCC43)C=C2)C2=C1CCC=C2. The fourth-order valence-electron chi connectivity index (χ4n) is 10.2. The van der Waals surface area contributed by atoms with Crippen LogP contribution < -0.4 is 0 Å². The topological polar surface area (TPSA) is 0 Å². The molecule has 242 valence electrons. The summed E-state index contributed by atoms with van der Waals surface area (Å²) in [5.41, 5.74) is 13.1. The molecule has 0 saturated carbocycles. The lowest BCUT2D eigenvalue weighted by Gasteiger charge is -2.41. The molecule has 0 fully saturated rings. The molecular weight excluding hydrogens is 553 g/mol. The molecule has 7 aliphatic rings. The molecule has 7 unspecified atom stereocenters. The highest BCUT2D eigenvalue weighted by Crippen LogP contribution is 2.50. The van der Waals surface area contributed by atoms with Gasteiger partial charge in [-0.3, -0.25) is 0 Å². The number of hydrogen-bond donors (Lipinski definition) is 0. The lowest BCUT2D eigenvalue weighted by molar-refractivity contribution is 0.332. The maximum Gasteiger partial charge on any atom is 0.00887 e. The molecule has 46 heavy (non-hydrogen) atoms. The van der Waals surface area contributed by atoms with Crippen molar-refractivity contribution in [3.05, 3.63) is 130 Å². The molecule has 0 amide bonds. The van der Waals surface area contributed by atoms with Crippen LogP contribution in [-0.2, 0) is 0 Å². The van der Waals surface area contributed by atoms with Crippen molar-refractivity contribution in [3.63, 3.8) is 0 Å². The maximum absolute atomic E-state index is 2.66. The van der Waals surface area contributed by atoms with Crippen LogP contribution in [-0.4, -0.2) is 0 Å². The monoisotopic (exact) mass is 610 g/mol. The lowest BCUT2D eigenvalue weighted by Crippen LogP contribution is -2.29. The van der Waals surface area contributed by atoms with E-state index in [1.807, 2.05) is 0 Å². The van der Waals surface area contributed by atoms with E-state index in [2.05, 4.69) is 106 Å². The third kappa shape index (κ3) is 6.35. The van der Waals surface area contributed by atoms with Gasteiger partial charge in [-0.2, -0.15) is 0 Å². The molecule has 0 spiro atoms. The molecule has 7 aliphatic carbocycles. The van der Waals surface area contributed by atoms with Gasteiger partial charge >= 0.3 is 0 Å². The first-order valence-electron chi connectivity index (χ1n) is 19.3. The summed E-state index contributed by atoms with van der Waals surface area (Å²) in [4.78, 5) is 0. The first-order chi connectivity index (χ1) is 22.7. The first-order valence-corrected chi connectivity index (χ1v) is 19.3. The van der Waals surface area contributed by atoms with Gasteiger partial charge in [-0.25, -0.2) is 0 Å². The molecule has 0 radical (unpaired) electrons. The van der Waals surface area contributed by atoms with Crippen LogP contribution in [0.3, 0.4) is 0 Å². The van der Waals surface area contributed by atoms with E-state index in [1.54, 1.807) is 44.6 Å². The second-order valence-corrected chi connectivity index (χ2v) is 15.3. The molecule has 0 aliphatic heterocycles. The van der Waals surface area contributed by atoms with Crippen molar-refractivity contribution in [1.82, 2.24) is 0 Å². The van der Waals surface area contributed by atoms with Gasteiger partial charge in [0, 0.05) is 11.8 Å². The standard InChI is InChI=1S/C46H58/c1-4-32(3)31-33(5-2)38-27-28-39(43-20-12-11-19-42(38)43)35-23-25-36(26-24-35)40-29-30-46(45-22-14-13-21-44(40)45)41-18-10-9-17-37(41)34-15-7-6-8-16-34/h9-10,12,14-15,18,20,22-25,29-31,33,36-40,44H,4-8,11,13,16-17,19,21,26-28H2,1-3H3/b32-31-. The van der Waals surface area contributed by atoms with Gasteiger partial charge in [0.25, 0.3) is 0 Å². The van der Waals surface area contributed by atoms with Crippen molar-refractivity contribution < 1.29 is 0 Å². The molecular formula is C46H58. The Labute approximate surface area is 281 Å². The molecule has 0 nitrogen and oxygen atoms in total. The number of fused-ring (bicyclic) bond motifs is 1. The normalized spacial score (nSPS) is 33.4. The Bertz CT molecular complexity index is 1500. The predicted octanol–water partition coefficient (Wildman–Crippen LogP) is 13.0. The average Bonchev–Trinajstić information content (AvgIpc) is 3.13. The van der Waals surface area contributed by atoms with Crippen LogP contribution >= 0.6 is 0 Å². The van der Waals surface area contributed by atoms with Crippen LogP contribution in [0.25, 0.3) is 0 Å². The minimum Gasteiger partial charge on any atom is -0.0847 e. The number of allylic oxidation sites excluding steroid dienone is 22. The van der Waals surface area contributed by atoms with E-state index in [0.717, 1.165) is 5.92 Å².